The third-order valence-corrected chi connectivity index (χ3v) is 4.04. The predicted molar refractivity (Wildman–Crippen MR) is 90.6 cm³/mol. The molecule has 1 fully saturated rings. The molecule has 0 bridgehead atoms. The minimum atomic E-state index is -0.370. The van der Waals surface area contributed by atoms with Crippen molar-refractivity contribution in [3.8, 4) is 6.07 Å². The molecule has 0 saturated carbocycles. The Labute approximate surface area is 135 Å². The predicted octanol–water partition coefficient (Wildman–Crippen LogP) is 2.80. The molecule has 0 aromatic heterocycles. The first-order valence-electron chi connectivity index (χ1n) is 7.14. The zero-order valence-electron chi connectivity index (χ0n) is 12.4. The van der Waals surface area contributed by atoms with Crippen LogP contribution in [-0.4, -0.2) is 24.6 Å². The maximum Gasteiger partial charge on any atom is 0.201 e. The minimum Gasteiger partial charge on any atom is -0.382 e. The van der Waals surface area contributed by atoms with Crippen LogP contribution in [0.25, 0.3) is 0 Å². The molecule has 0 amide bonds. The van der Waals surface area contributed by atoms with Crippen LogP contribution in [0, 0.1) is 22.7 Å². The van der Waals surface area contributed by atoms with Crippen LogP contribution in [0.5, 0.6) is 0 Å². The highest BCUT2D eigenvalue weighted by Gasteiger charge is 2.20. The molecule has 1 aromatic rings. The van der Waals surface area contributed by atoms with Crippen LogP contribution >= 0.6 is 11.6 Å². The quantitative estimate of drug-likeness (QED) is 0.451. The van der Waals surface area contributed by atoms with Gasteiger partial charge in [-0.2, -0.15) is 10.4 Å². The Morgan fingerprint density at radius 2 is 2.18 bits per heavy atom. The fourth-order valence-corrected chi connectivity index (χ4v) is 2.71. The van der Waals surface area contributed by atoms with Gasteiger partial charge in [0.15, 0.2) is 5.84 Å². The van der Waals surface area contributed by atoms with Crippen molar-refractivity contribution in [2.75, 3.05) is 23.4 Å². The van der Waals surface area contributed by atoms with Crippen LogP contribution in [0.4, 0.5) is 11.4 Å². The Balaban J connectivity index is 2.27. The van der Waals surface area contributed by atoms with Gasteiger partial charge in [-0.25, -0.2) is 0 Å². The average Bonchev–Trinajstić information content (AvgIpc) is 2.49. The Bertz CT molecular complexity index is 625. The summed E-state index contributed by atoms with van der Waals surface area (Å²) in [6, 6.07) is 7.28. The van der Waals surface area contributed by atoms with E-state index in [0.29, 0.717) is 10.7 Å². The highest BCUT2D eigenvalue weighted by Crippen LogP contribution is 2.36. The number of hydrogen-bond donors (Lipinski definition) is 3. The summed E-state index contributed by atoms with van der Waals surface area (Å²) in [7, 11) is 0. The summed E-state index contributed by atoms with van der Waals surface area (Å²) in [6.07, 6.45) is 2.23. The van der Waals surface area contributed by atoms with Gasteiger partial charge in [-0.1, -0.05) is 24.6 Å². The molecule has 0 aliphatic carbocycles. The van der Waals surface area contributed by atoms with E-state index in [1.54, 1.807) is 6.07 Å². The average molecular weight is 319 g/mol. The van der Waals surface area contributed by atoms with Crippen molar-refractivity contribution in [2.24, 2.45) is 16.8 Å². The Hall–Kier alpha value is -2.26. The van der Waals surface area contributed by atoms with E-state index in [1.165, 1.54) is 0 Å². The highest BCUT2D eigenvalue weighted by atomic mass is 35.5. The van der Waals surface area contributed by atoms with Crippen molar-refractivity contribution in [3.05, 3.63) is 23.2 Å². The molecule has 1 saturated heterocycles. The van der Waals surface area contributed by atoms with E-state index in [9.17, 15) is 0 Å². The van der Waals surface area contributed by atoms with Gasteiger partial charge >= 0.3 is 0 Å². The van der Waals surface area contributed by atoms with Gasteiger partial charge in [0.2, 0.25) is 5.71 Å². The first-order chi connectivity index (χ1) is 10.5. The lowest BCUT2D eigenvalue weighted by atomic mass is 9.98. The van der Waals surface area contributed by atoms with Crippen molar-refractivity contribution >= 4 is 34.5 Å². The molecule has 0 atom stereocenters. The van der Waals surface area contributed by atoms with Gasteiger partial charge in [0.25, 0.3) is 0 Å². The number of amidine groups is 1. The molecule has 22 heavy (non-hydrogen) atoms. The number of benzene rings is 1. The van der Waals surface area contributed by atoms with Gasteiger partial charge in [-0.15, -0.1) is 0 Å². The number of piperidine rings is 1. The van der Waals surface area contributed by atoms with Gasteiger partial charge in [0.05, 0.1) is 16.4 Å². The first-order valence-corrected chi connectivity index (χ1v) is 7.52. The summed E-state index contributed by atoms with van der Waals surface area (Å²) >= 11 is 6.35. The zero-order chi connectivity index (χ0) is 16.1. The number of hydrogen-bond acceptors (Lipinski definition) is 5. The molecular weight excluding hydrogens is 300 g/mol. The van der Waals surface area contributed by atoms with Crippen LogP contribution in [0.3, 0.4) is 0 Å². The van der Waals surface area contributed by atoms with Gasteiger partial charge in [-0.05, 0) is 30.9 Å². The van der Waals surface area contributed by atoms with E-state index < -0.39 is 0 Å². The molecular formula is C15H19ClN6. The number of nitrogens with one attached hydrogen (secondary N) is 2. The summed E-state index contributed by atoms with van der Waals surface area (Å²) in [4.78, 5) is 2.22. The number of rotatable bonds is 4. The normalized spacial score (nSPS) is 16.2. The van der Waals surface area contributed by atoms with Crippen LogP contribution in [-0.2, 0) is 0 Å². The molecule has 0 spiro atoms. The van der Waals surface area contributed by atoms with Crippen molar-refractivity contribution < 1.29 is 0 Å². The molecule has 1 aromatic carbocycles. The SMILES string of the molecule is CC1CCN(c2c(Cl)cccc2N/N=C(\C#N)C(=N)N)CC1. The lowest BCUT2D eigenvalue weighted by molar-refractivity contribution is 0.438. The molecule has 1 aliphatic heterocycles. The van der Waals surface area contributed by atoms with E-state index in [1.807, 2.05) is 18.2 Å². The number of hydrazone groups is 1. The number of nitrogens with zero attached hydrogens (tertiary/aromatic N) is 3. The summed E-state index contributed by atoms with van der Waals surface area (Å²) in [5.74, 6) is 0.349. The summed E-state index contributed by atoms with van der Waals surface area (Å²) in [6.45, 7) is 4.11. The lowest BCUT2D eigenvalue weighted by Crippen LogP contribution is -2.33. The van der Waals surface area contributed by atoms with E-state index in [2.05, 4.69) is 22.4 Å². The van der Waals surface area contributed by atoms with Crippen LogP contribution in [0.2, 0.25) is 5.02 Å². The minimum absolute atomic E-state index is 0.154. The molecule has 116 valence electrons. The maximum absolute atomic E-state index is 8.90. The van der Waals surface area contributed by atoms with Crippen LogP contribution in [0.1, 0.15) is 19.8 Å². The molecule has 4 N–H and O–H groups in total. The van der Waals surface area contributed by atoms with Crippen molar-refractivity contribution in [1.82, 2.24) is 0 Å². The molecule has 1 heterocycles. The molecule has 2 rings (SSSR count). The van der Waals surface area contributed by atoms with E-state index in [0.717, 1.165) is 37.5 Å². The summed E-state index contributed by atoms with van der Waals surface area (Å²) < 4.78 is 0. The number of halogens is 1. The number of anilines is 2. The second-order valence-corrected chi connectivity index (χ2v) is 5.81. The smallest absolute Gasteiger partial charge is 0.201 e. The summed E-state index contributed by atoms with van der Waals surface area (Å²) in [5.41, 5.74) is 9.53. The first kappa shape index (κ1) is 16.1. The van der Waals surface area contributed by atoms with E-state index in [-0.39, 0.29) is 11.5 Å². The van der Waals surface area contributed by atoms with Crippen LogP contribution < -0.4 is 16.1 Å². The maximum atomic E-state index is 8.90. The van der Waals surface area contributed by atoms with Gasteiger partial charge in [0, 0.05) is 13.1 Å². The van der Waals surface area contributed by atoms with Crippen molar-refractivity contribution in [1.29, 1.82) is 10.7 Å². The summed E-state index contributed by atoms with van der Waals surface area (Å²) in [5, 5.41) is 20.7. The molecule has 0 unspecified atom stereocenters. The number of para-hydroxylation sites is 1. The van der Waals surface area contributed by atoms with Gasteiger partial charge in [0.1, 0.15) is 6.07 Å². The zero-order valence-corrected chi connectivity index (χ0v) is 13.2. The Morgan fingerprint density at radius 1 is 1.50 bits per heavy atom. The standard InChI is InChI=1S/C15H19ClN6/c1-10-5-7-22(8-6-10)14-11(16)3-2-4-12(14)20-21-13(9-17)15(18)19/h2-4,10,20H,5-8H2,1H3,(H3,18,19)/b21-13+. The second-order valence-electron chi connectivity index (χ2n) is 5.40. The number of nitriles is 1. The lowest BCUT2D eigenvalue weighted by Gasteiger charge is -2.33. The molecule has 6 nitrogen and oxygen atoms in total. The Kier molecular flexibility index (Phi) is 5.23. The fourth-order valence-electron chi connectivity index (χ4n) is 2.42. The van der Waals surface area contributed by atoms with Gasteiger partial charge < -0.3 is 10.6 Å². The monoisotopic (exact) mass is 318 g/mol. The molecule has 1 aliphatic rings. The van der Waals surface area contributed by atoms with E-state index in [4.69, 9.17) is 28.0 Å². The van der Waals surface area contributed by atoms with Crippen LogP contribution in [0.15, 0.2) is 23.3 Å². The second kappa shape index (κ2) is 7.14. The fraction of sp³-hybridized carbons (Fsp3) is 0.400. The third-order valence-electron chi connectivity index (χ3n) is 3.74. The third kappa shape index (κ3) is 3.68. The van der Waals surface area contributed by atoms with Crippen molar-refractivity contribution in [3.63, 3.8) is 0 Å². The largest absolute Gasteiger partial charge is 0.382 e. The van der Waals surface area contributed by atoms with Gasteiger partial charge in [-0.3, -0.25) is 10.8 Å². The molecule has 7 heteroatoms. The topological polar surface area (TPSA) is 101 Å². The van der Waals surface area contributed by atoms with E-state index >= 15 is 0 Å². The van der Waals surface area contributed by atoms with Crippen molar-refractivity contribution in [2.45, 2.75) is 19.8 Å². The highest BCUT2D eigenvalue weighted by molar-refractivity contribution is 6.45. The Morgan fingerprint density at radius 3 is 2.77 bits per heavy atom. The number of nitrogens with two attached hydrogens (primary N) is 1. The molecule has 0 radical (unpaired) electrons.